The summed E-state index contributed by atoms with van der Waals surface area (Å²) in [6.45, 7) is 15.2. The maximum Gasteiger partial charge on any atom is 0.440 e. The molecule has 0 amide bonds. The van der Waals surface area contributed by atoms with E-state index in [0.717, 1.165) is 30.3 Å². The summed E-state index contributed by atoms with van der Waals surface area (Å²) in [7, 11) is -2.56. The van der Waals surface area contributed by atoms with Gasteiger partial charge in [-0.05, 0) is 28.8 Å². The lowest BCUT2D eigenvalue weighted by molar-refractivity contribution is -0.384. The molecule has 0 saturated carbocycles. The molecule has 0 spiro atoms. The van der Waals surface area contributed by atoms with Crippen LogP contribution in [0.2, 0.25) is 16.6 Å². The van der Waals surface area contributed by atoms with E-state index in [4.69, 9.17) is 4.74 Å². The van der Waals surface area contributed by atoms with Crippen molar-refractivity contribution >= 4 is 19.7 Å². The lowest BCUT2D eigenvalue weighted by Gasteiger charge is -2.39. The number of hydrogen-bond donors (Lipinski definition) is 0. The summed E-state index contributed by atoms with van der Waals surface area (Å²) in [6.07, 6.45) is -4.69. The Kier molecular flexibility index (Phi) is 8.87. The fourth-order valence-electron chi connectivity index (χ4n) is 4.14. The molecule has 5 nitrogen and oxygen atoms in total. The largest absolute Gasteiger partial charge is 0.440 e. The van der Waals surface area contributed by atoms with Gasteiger partial charge in [0.2, 0.25) is 0 Å². The predicted octanol–water partition coefficient (Wildman–Crippen LogP) is 6.85. The van der Waals surface area contributed by atoms with E-state index in [-0.39, 0.29) is 27.9 Å². The molecule has 0 aliphatic rings. The van der Waals surface area contributed by atoms with Gasteiger partial charge < -0.3 is 4.74 Å². The van der Waals surface area contributed by atoms with Crippen LogP contribution in [0, 0.1) is 21.6 Å². The number of benzene rings is 1. The summed E-state index contributed by atoms with van der Waals surface area (Å²) in [5.41, 5.74) is -0.365. The molecular weight excluding hydrogens is 439 g/mol. The molecule has 0 aliphatic carbocycles. The first-order chi connectivity index (χ1) is 14.6. The molecule has 0 N–H and O–H groups in total. The van der Waals surface area contributed by atoms with Crippen molar-refractivity contribution in [3.8, 4) is 11.5 Å². The van der Waals surface area contributed by atoms with Gasteiger partial charge in [-0.3, -0.25) is 10.1 Å². The Balaban J connectivity index is 3.59. The van der Waals surface area contributed by atoms with E-state index in [0.29, 0.717) is 0 Å². The summed E-state index contributed by atoms with van der Waals surface area (Å²) in [5.74, 6) is 1.09. The molecule has 1 rings (SSSR count). The minimum atomic E-state index is -4.98. The Morgan fingerprint density at radius 1 is 1.12 bits per heavy atom. The Hall–Kier alpha value is -2.60. The van der Waals surface area contributed by atoms with E-state index in [1.165, 1.54) is 0 Å². The molecule has 1 atom stereocenters. The monoisotopic (exact) mass is 469 g/mol. The van der Waals surface area contributed by atoms with E-state index in [9.17, 15) is 28.1 Å². The quantitative estimate of drug-likeness (QED) is 0.104. The van der Waals surface area contributed by atoms with Crippen LogP contribution in [-0.4, -0.2) is 30.7 Å². The van der Waals surface area contributed by atoms with Gasteiger partial charge in [-0.15, -0.1) is 12.1 Å². The molecule has 0 radical (unpaired) electrons. The summed E-state index contributed by atoms with van der Waals surface area (Å²) in [5, 5.41) is 10.8. The fourth-order valence-corrected chi connectivity index (χ4v) is 9.43. The molecule has 0 heterocycles. The number of ether oxygens (including phenoxy) is 1. The zero-order valence-electron chi connectivity index (χ0n) is 19.2. The van der Waals surface area contributed by atoms with Crippen LogP contribution >= 0.6 is 0 Å². The highest BCUT2D eigenvalue weighted by atomic mass is 28.3. The van der Waals surface area contributed by atoms with Gasteiger partial charge in [0.05, 0.1) is 10.5 Å². The first kappa shape index (κ1) is 27.4. The van der Waals surface area contributed by atoms with E-state index >= 15 is 0 Å². The number of nitro benzene ring substituents is 1. The zero-order valence-corrected chi connectivity index (χ0v) is 20.2. The van der Waals surface area contributed by atoms with Crippen LogP contribution in [0.25, 0.3) is 0 Å². The number of carbonyl (C=O) groups excluding carboxylic acids is 1. The van der Waals surface area contributed by atoms with Gasteiger partial charge in [-0.25, -0.2) is 4.79 Å². The maximum atomic E-state index is 14.3. The van der Waals surface area contributed by atoms with E-state index in [1.54, 1.807) is 0 Å². The van der Waals surface area contributed by atoms with E-state index in [1.807, 2.05) is 41.5 Å². The van der Waals surface area contributed by atoms with Gasteiger partial charge in [0, 0.05) is 18.6 Å². The standard InChI is InChI=1S/C23H30F3NO4Si/c1-8-13-22(23(24,25)26,14-15-32(16(2)3,17(4)5)18(6)7)31-21(28)19-9-11-20(12-10-19)27(29)30/h8-12,16-18H,1,13H2,2-7H3. The Morgan fingerprint density at radius 3 is 1.94 bits per heavy atom. The zero-order chi connectivity index (χ0) is 24.9. The SMILES string of the molecule is C=CCC(C#C[Si](C(C)C)(C(C)C)C(C)C)(OC(=O)c1ccc([N+](=O)[O-])cc1)C(F)(F)F. The number of nitro groups is 1. The molecule has 176 valence electrons. The van der Waals surface area contributed by atoms with E-state index < -0.39 is 37.2 Å². The number of carbonyl (C=O) groups is 1. The van der Waals surface area contributed by atoms with Gasteiger partial charge >= 0.3 is 12.1 Å². The third-order valence-corrected chi connectivity index (χ3v) is 12.1. The number of halogens is 3. The second kappa shape index (κ2) is 10.3. The second-order valence-electron chi connectivity index (χ2n) is 8.66. The first-order valence-corrected chi connectivity index (χ1v) is 12.6. The minimum Gasteiger partial charge on any atom is -0.432 e. The highest BCUT2D eigenvalue weighted by Gasteiger charge is 2.57. The topological polar surface area (TPSA) is 69.4 Å². The molecule has 0 bridgehead atoms. The van der Waals surface area contributed by atoms with Crippen molar-refractivity contribution in [3.05, 3.63) is 52.6 Å². The van der Waals surface area contributed by atoms with Gasteiger partial charge in [0.1, 0.15) is 8.07 Å². The summed E-state index contributed by atoms with van der Waals surface area (Å²) in [6, 6.07) is 4.16. The molecule has 0 aromatic heterocycles. The lowest BCUT2D eigenvalue weighted by atomic mass is 9.99. The number of esters is 1. The van der Waals surface area contributed by atoms with Gasteiger partial charge in [0.25, 0.3) is 11.3 Å². The Labute approximate surface area is 188 Å². The number of alkyl halides is 3. The molecule has 0 aliphatic heterocycles. The van der Waals surface area contributed by atoms with Crippen molar-refractivity contribution < 1.29 is 27.6 Å². The van der Waals surface area contributed by atoms with Gasteiger partial charge in [-0.1, -0.05) is 53.5 Å². The number of non-ortho nitro benzene ring substituents is 1. The third-order valence-electron chi connectivity index (χ3n) is 5.82. The normalized spacial score (nSPS) is 14.0. The predicted molar refractivity (Wildman–Crippen MR) is 121 cm³/mol. The molecule has 0 saturated heterocycles. The van der Waals surface area contributed by atoms with Crippen LogP contribution in [0.3, 0.4) is 0 Å². The second-order valence-corrected chi connectivity index (χ2v) is 14.2. The van der Waals surface area contributed by atoms with Crippen LogP contribution in [0.1, 0.15) is 58.3 Å². The fraction of sp³-hybridized carbons (Fsp3) is 0.522. The average Bonchev–Trinajstić information content (AvgIpc) is 2.66. The van der Waals surface area contributed by atoms with Crippen LogP contribution in [0.4, 0.5) is 18.9 Å². The molecule has 32 heavy (non-hydrogen) atoms. The molecule has 0 fully saturated rings. The van der Waals surface area contributed by atoms with Crippen molar-refractivity contribution in [2.45, 2.75) is 76.4 Å². The van der Waals surface area contributed by atoms with Gasteiger partial charge in [-0.2, -0.15) is 13.2 Å². The van der Waals surface area contributed by atoms with Crippen molar-refractivity contribution in [2.24, 2.45) is 0 Å². The average molecular weight is 470 g/mol. The number of nitrogens with zero attached hydrogens (tertiary/aromatic N) is 1. The Bertz CT molecular complexity index is 877. The van der Waals surface area contributed by atoms with Crippen molar-refractivity contribution in [1.82, 2.24) is 0 Å². The summed E-state index contributed by atoms with van der Waals surface area (Å²) in [4.78, 5) is 22.7. The summed E-state index contributed by atoms with van der Waals surface area (Å²) >= 11 is 0. The number of rotatable bonds is 8. The van der Waals surface area contributed by atoms with E-state index in [2.05, 4.69) is 18.0 Å². The first-order valence-electron chi connectivity index (χ1n) is 10.3. The molecule has 9 heteroatoms. The van der Waals surface area contributed by atoms with Crippen molar-refractivity contribution in [2.75, 3.05) is 0 Å². The third kappa shape index (κ3) is 5.60. The maximum absolute atomic E-state index is 14.3. The van der Waals surface area contributed by atoms with Crippen molar-refractivity contribution in [1.29, 1.82) is 0 Å². The molecule has 1 unspecified atom stereocenters. The molecule has 1 aromatic carbocycles. The van der Waals surface area contributed by atoms with Crippen LogP contribution < -0.4 is 0 Å². The smallest absolute Gasteiger partial charge is 0.432 e. The van der Waals surface area contributed by atoms with Crippen LogP contribution in [-0.2, 0) is 4.74 Å². The highest BCUT2D eigenvalue weighted by molar-refractivity contribution is 6.90. The molecular formula is C23H30F3NO4Si. The minimum absolute atomic E-state index is 0.0787. The van der Waals surface area contributed by atoms with Gasteiger partial charge in [0.15, 0.2) is 0 Å². The summed E-state index contributed by atoms with van der Waals surface area (Å²) < 4.78 is 47.9. The van der Waals surface area contributed by atoms with Crippen LogP contribution in [0.15, 0.2) is 36.9 Å². The Morgan fingerprint density at radius 2 is 1.59 bits per heavy atom. The highest BCUT2D eigenvalue weighted by Crippen LogP contribution is 2.42. The number of hydrogen-bond acceptors (Lipinski definition) is 4. The lowest BCUT2D eigenvalue weighted by Crippen LogP contribution is -2.49. The van der Waals surface area contributed by atoms with Crippen LogP contribution in [0.5, 0.6) is 0 Å². The molecule has 1 aromatic rings. The van der Waals surface area contributed by atoms with Crippen molar-refractivity contribution in [3.63, 3.8) is 0 Å².